The molecule has 0 heterocycles. The van der Waals surface area contributed by atoms with E-state index in [2.05, 4.69) is 11.9 Å². The number of carbonyl (C=O) groups excluding carboxylic acids is 3. The van der Waals surface area contributed by atoms with Crippen molar-refractivity contribution in [3.63, 3.8) is 0 Å². The smallest absolute Gasteiger partial charge is 0.432 e. The van der Waals surface area contributed by atoms with Crippen LogP contribution in [0, 0.1) is 0 Å². The molecule has 0 spiro atoms. The molecule has 0 aliphatic rings. The standard InChI is InChI=1S/C20H19NO5/c1-14(2)19(23)21-12-13-25-20(24)26-17-10-8-16(9-11-17)18(22)15-6-4-3-5-7-15/h3-11H,1,12-13H2,2H3,(H,21,23). The van der Waals surface area contributed by atoms with Gasteiger partial charge in [0.15, 0.2) is 5.78 Å². The Morgan fingerprint density at radius 3 is 2.19 bits per heavy atom. The van der Waals surface area contributed by atoms with Gasteiger partial charge in [0.25, 0.3) is 0 Å². The minimum absolute atomic E-state index is 0.0254. The summed E-state index contributed by atoms with van der Waals surface area (Å²) in [5.74, 6) is -0.167. The van der Waals surface area contributed by atoms with Crippen LogP contribution >= 0.6 is 0 Å². The van der Waals surface area contributed by atoms with Crippen molar-refractivity contribution < 1.29 is 23.9 Å². The molecule has 0 unspecified atom stereocenters. The summed E-state index contributed by atoms with van der Waals surface area (Å²) < 4.78 is 9.86. The van der Waals surface area contributed by atoms with E-state index in [1.54, 1.807) is 43.3 Å². The third-order valence-electron chi connectivity index (χ3n) is 3.35. The maximum absolute atomic E-state index is 12.3. The second-order valence-corrected chi connectivity index (χ2v) is 5.46. The van der Waals surface area contributed by atoms with Crippen LogP contribution in [0.2, 0.25) is 0 Å². The van der Waals surface area contributed by atoms with Gasteiger partial charge < -0.3 is 14.8 Å². The Balaban J connectivity index is 1.81. The SMILES string of the molecule is C=C(C)C(=O)NCCOC(=O)Oc1ccc(C(=O)c2ccccc2)cc1. The lowest BCUT2D eigenvalue weighted by atomic mass is 10.0. The van der Waals surface area contributed by atoms with Crippen molar-refractivity contribution in [2.75, 3.05) is 13.2 Å². The normalized spacial score (nSPS) is 9.88. The van der Waals surface area contributed by atoms with Gasteiger partial charge in [-0.15, -0.1) is 0 Å². The van der Waals surface area contributed by atoms with Crippen molar-refractivity contribution in [3.05, 3.63) is 77.9 Å². The molecule has 0 aliphatic carbocycles. The lowest BCUT2D eigenvalue weighted by molar-refractivity contribution is -0.117. The van der Waals surface area contributed by atoms with E-state index in [0.717, 1.165) is 0 Å². The van der Waals surface area contributed by atoms with E-state index in [1.165, 1.54) is 12.1 Å². The molecule has 0 saturated carbocycles. The Kier molecular flexibility index (Phi) is 6.68. The molecule has 6 heteroatoms. The molecule has 2 rings (SSSR count). The van der Waals surface area contributed by atoms with Crippen LogP contribution in [0.5, 0.6) is 5.75 Å². The Bertz CT molecular complexity index is 797. The first-order chi connectivity index (χ1) is 12.5. The highest BCUT2D eigenvalue weighted by molar-refractivity contribution is 6.09. The summed E-state index contributed by atoms with van der Waals surface area (Å²) in [7, 11) is 0. The number of ketones is 1. The van der Waals surface area contributed by atoms with Gasteiger partial charge in [-0.05, 0) is 31.2 Å². The molecule has 0 bridgehead atoms. The maximum atomic E-state index is 12.3. The fraction of sp³-hybridized carbons (Fsp3) is 0.150. The van der Waals surface area contributed by atoms with Crippen molar-refractivity contribution in [1.29, 1.82) is 0 Å². The zero-order valence-electron chi connectivity index (χ0n) is 14.4. The molecule has 2 aromatic carbocycles. The van der Waals surface area contributed by atoms with Crippen LogP contribution < -0.4 is 10.1 Å². The Labute approximate surface area is 151 Å². The Hall–Kier alpha value is -3.41. The van der Waals surface area contributed by atoms with E-state index in [-0.39, 0.29) is 30.6 Å². The Morgan fingerprint density at radius 2 is 1.58 bits per heavy atom. The summed E-state index contributed by atoms with van der Waals surface area (Å²) in [6.45, 7) is 5.21. The van der Waals surface area contributed by atoms with E-state index < -0.39 is 6.16 Å². The summed E-state index contributed by atoms with van der Waals surface area (Å²) in [5.41, 5.74) is 1.44. The van der Waals surface area contributed by atoms with E-state index in [9.17, 15) is 14.4 Å². The lowest BCUT2D eigenvalue weighted by Gasteiger charge is -2.07. The molecular formula is C20H19NO5. The molecule has 0 atom stereocenters. The molecule has 2 aromatic rings. The third kappa shape index (κ3) is 5.59. The summed E-state index contributed by atoms with van der Waals surface area (Å²) in [5, 5.41) is 2.53. The first-order valence-electron chi connectivity index (χ1n) is 7.95. The van der Waals surface area contributed by atoms with Crippen LogP contribution in [-0.2, 0) is 9.53 Å². The summed E-state index contributed by atoms with van der Waals surface area (Å²) >= 11 is 0. The molecule has 0 aliphatic heterocycles. The second kappa shape index (κ2) is 9.17. The van der Waals surface area contributed by atoms with Crippen LogP contribution in [0.1, 0.15) is 22.8 Å². The molecule has 0 aromatic heterocycles. The molecule has 0 radical (unpaired) electrons. The highest BCUT2D eigenvalue weighted by atomic mass is 16.7. The predicted molar refractivity (Wildman–Crippen MR) is 96.1 cm³/mol. The highest BCUT2D eigenvalue weighted by Gasteiger charge is 2.10. The summed E-state index contributed by atoms with van der Waals surface area (Å²) in [6.07, 6.45) is -0.892. The van der Waals surface area contributed by atoms with E-state index in [1.807, 2.05) is 6.07 Å². The molecule has 1 N–H and O–H groups in total. The fourth-order valence-electron chi connectivity index (χ4n) is 2.01. The van der Waals surface area contributed by atoms with Crippen molar-refractivity contribution in [3.8, 4) is 5.75 Å². The van der Waals surface area contributed by atoms with Crippen molar-refractivity contribution in [2.24, 2.45) is 0 Å². The van der Waals surface area contributed by atoms with Gasteiger partial charge in [-0.3, -0.25) is 9.59 Å². The number of ether oxygens (including phenoxy) is 2. The number of nitrogens with one attached hydrogen (secondary N) is 1. The zero-order chi connectivity index (χ0) is 18.9. The number of hydrogen-bond acceptors (Lipinski definition) is 5. The molecule has 6 nitrogen and oxygen atoms in total. The minimum Gasteiger partial charge on any atom is -0.432 e. The number of amides is 1. The average Bonchev–Trinajstić information content (AvgIpc) is 2.65. The van der Waals surface area contributed by atoms with Crippen molar-refractivity contribution >= 4 is 17.8 Å². The molecule has 1 amide bonds. The molecular weight excluding hydrogens is 334 g/mol. The monoisotopic (exact) mass is 353 g/mol. The van der Waals surface area contributed by atoms with Gasteiger partial charge in [-0.2, -0.15) is 0 Å². The fourth-order valence-corrected chi connectivity index (χ4v) is 2.01. The largest absolute Gasteiger partial charge is 0.513 e. The van der Waals surface area contributed by atoms with E-state index in [0.29, 0.717) is 16.7 Å². The quantitative estimate of drug-likeness (QED) is 0.272. The van der Waals surface area contributed by atoms with Crippen LogP contribution in [0.4, 0.5) is 4.79 Å². The van der Waals surface area contributed by atoms with Crippen molar-refractivity contribution in [1.82, 2.24) is 5.32 Å². The number of hydrogen-bond donors (Lipinski definition) is 1. The number of benzene rings is 2. The van der Waals surface area contributed by atoms with Crippen LogP contribution in [0.15, 0.2) is 66.7 Å². The van der Waals surface area contributed by atoms with Gasteiger partial charge >= 0.3 is 6.16 Å². The topological polar surface area (TPSA) is 81.7 Å². The van der Waals surface area contributed by atoms with Gasteiger partial charge in [-0.25, -0.2) is 4.79 Å². The summed E-state index contributed by atoms with van der Waals surface area (Å²) in [4.78, 5) is 35.1. The van der Waals surface area contributed by atoms with E-state index in [4.69, 9.17) is 9.47 Å². The maximum Gasteiger partial charge on any atom is 0.513 e. The first kappa shape index (κ1) is 18.9. The van der Waals surface area contributed by atoms with Crippen LogP contribution in [0.3, 0.4) is 0 Å². The average molecular weight is 353 g/mol. The van der Waals surface area contributed by atoms with Gasteiger partial charge in [-0.1, -0.05) is 36.9 Å². The first-order valence-corrected chi connectivity index (χ1v) is 7.95. The number of carbonyl (C=O) groups is 3. The Morgan fingerprint density at radius 1 is 0.962 bits per heavy atom. The van der Waals surface area contributed by atoms with Gasteiger partial charge in [0.05, 0.1) is 6.54 Å². The van der Waals surface area contributed by atoms with Crippen molar-refractivity contribution in [2.45, 2.75) is 6.92 Å². The molecule has 134 valence electrons. The lowest BCUT2D eigenvalue weighted by Crippen LogP contribution is -2.28. The van der Waals surface area contributed by atoms with Crippen LogP contribution in [0.25, 0.3) is 0 Å². The second-order valence-electron chi connectivity index (χ2n) is 5.46. The molecule has 0 fully saturated rings. The van der Waals surface area contributed by atoms with Crippen LogP contribution in [-0.4, -0.2) is 31.0 Å². The molecule has 26 heavy (non-hydrogen) atoms. The highest BCUT2D eigenvalue weighted by Crippen LogP contribution is 2.16. The third-order valence-corrected chi connectivity index (χ3v) is 3.35. The van der Waals surface area contributed by atoms with E-state index >= 15 is 0 Å². The zero-order valence-corrected chi connectivity index (χ0v) is 14.4. The van der Waals surface area contributed by atoms with Gasteiger partial charge in [0, 0.05) is 16.7 Å². The van der Waals surface area contributed by atoms with Gasteiger partial charge in [0.1, 0.15) is 12.4 Å². The summed E-state index contributed by atoms with van der Waals surface area (Å²) in [6, 6.07) is 15.1. The predicted octanol–water partition coefficient (Wildman–Crippen LogP) is 3.13. The molecule has 0 saturated heterocycles. The minimum atomic E-state index is -0.892. The van der Waals surface area contributed by atoms with Gasteiger partial charge in [0.2, 0.25) is 5.91 Å². The number of rotatable bonds is 7.